The van der Waals surface area contributed by atoms with Crippen molar-refractivity contribution in [3.05, 3.63) is 100 Å². The number of ether oxygens (including phenoxy) is 1. The van der Waals surface area contributed by atoms with E-state index in [1.807, 2.05) is 31.2 Å². The smallest absolute Gasteiger partial charge is 0.255 e. The Kier molecular flexibility index (Phi) is 11.5. The molecule has 4 rings (SSSR count). The lowest BCUT2D eigenvalue weighted by Crippen LogP contribution is -2.33. The summed E-state index contributed by atoms with van der Waals surface area (Å²) in [4.78, 5) is 34.1. The highest BCUT2D eigenvalue weighted by molar-refractivity contribution is 6.35. The largest absolute Gasteiger partial charge is 0.493 e. The normalized spacial score (nSPS) is 14.1. The lowest BCUT2D eigenvalue weighted by molar-refractivity contribution is -0.117. The van der Waals surface area contributed by atoms with Gasteiger partial charge in [0.05, 0.1) is 23.6 Å². The van der Waals surface area contributed by atoms with E-state index in [0.29, 0.717) is 30.8 Å². The number of amides is 1. The van der Waals surface area contributed by atoms with Gasteiger partial charge in [-0.3, -0.25) is 9.59 Å². The van der Waals surface area contributed by atoms with E-state index in [9.17, 15) is 9.59 Å². The van der Waals surface area contributed by atoms with Crippen LogP contribution in [0, 0.1) is 6.92 Å². The average molecular weight is 636 g/mol. The molecule has 1 amide bonds. The molecule has 1 N–H and O–H groups in total. The van der Waals surface area contributed by atoms with Crippen molar-refractivity contribution in [2.24, 2.45) is 4.99 Å². The number of hydrogen-bond donors (Lipinski definition) is 1. The van der Waals surface area contributed by atoms with E-state index >= 15 is 0 Å². The summed E-state index contributed by atoms with van der Waals surface area (Å²) in [6.45, 7) is 22.5. The van der Waals surface area contributed by atoms with Crippen LogP contribution in [0.1, 0.15) is 107 Å². The number of aryl methyl sites for hydroxylation is 1. The Bertz CT molecular complexity index is 1660. The molecule has 0 bridgehead atoms. The zero-order chi connectivity index (χ0) is 34.4. The first-order valence-electron chi connectivity index (χ1n) is 17.2. The lowest BCUT2D eigenvalue weighted by atomic mass is 9.76. The van der Waals surface area contributed by atoms with Gasteiger partial charge in [-0.15, -0.1) is 0 Å². The molecule has 3 aromatic rings. The highest BCUT2D eigenvalue weighted by atomic mass is 16.5. The minimum Gasteiger partial charge on any atom is -0.493 e. The number of nitrogens with one attached hydrogen (secondary N) is 1. The number of rotatable bonds is 14. The Balaban J connectivity index is 1.48. The highest BCUT2D eigenvalue weighted by Gasteiger charge is 2.29. The van der Waals surface area contributed by atoms with Gasteiger partial charge in [0, 0.05) is 42.0 Å². The first-order valence-corrected chi connectivity index (χ1v) is 17.2. The van der Waals surface area contributed by atoms with E-state index in [4.69, 9.17) is 9.73 Å². The number of allylic oxidation sites excluding steroid dienone is 1. The molecule has 0 saturated heterocycles. The number of aliphatic imine (C=N–C) groups is 1. The van der Waals surface area contributed by atoms with E-state index in [1.165, 1.54) is 11.1 Å². The second kappa shape index (κ2) is 15.1. The maximum Gasteiger partial charge on any atom is 0.255 e. The number of carbonyl (C=O) groups excluding carboxylic acids is 2. The summed E-state index contributed by atoms with van der Waals surface area (Å²) >= 11 is 0. The van der Waals surface area contributed by atoms with Crippen molar-refractivity contribution < 1.29 is 14.3 Å². The molecule has 6 nitrogen and oxygen atoms in total. The average Bonchev–Trinajstić information content (AvgIpc) is 3.07. The molecule has 1 aliphatic carbocycles. The molecule has 0 saturated carbocycles. The number of nitrogens with zero attached hydrogens (tertiary/aromatic N) is 2. The first kappa shape index (κ1) is 35.7. The number of anilines is 1. The molecule has 0 heterocycles. The molecule has 1 aliphatic rings. The van der Waals surface area contributed by atoms with E-state index in [-0.39, 0.29) is 22.2 Å². The van der Waals surface area contributed by atoms with Crippen LogP contribution in [0.15, 0.2) is 77.3 Å². The summed E-state index contributed by atoms with van der Waals surface area (Å²) in [5.74, 6) is 0.204. The number of benzene rings is 3. The standard InChI is InChI=1S/C41H53N3O3/c1-10-40(6,7)29-19-22-37(34(26-29)41(8,9)11-2)47-24-16-23-42-39(46)33-27-36(31-17-14-15-18-32(31)38(33)45)43-35-21-20-30(25-28(35)5)44(12-3)13-4/h14-15,17-22,25-27H,10-13,16,23-24H2,1-9H3,(H,42,46). The Morgan fingerprint density at radius 2 is 1.55 bits per heavy atom. The van der Waals surface area contributed by atoms with Gasteiger partial charge in [-0.1, -0.05) is 77.9 Å². The monoisotopic (exact) mass is 635 g/mol. The van der Waals surface area contributed by atoms with Crippen molar-refractivity contribution in [2.75, 3.05) is 31.1 Å². The fourth-order valence-corrected chi connectivity index (χ4v) is 5.82. The van der Waals surface area contributed by atoms with E-state index in [0.717, 1.165) is 54.2 Å². The predicted molar refractivity (Wildman–Crippen MR) is 196 cm³/mol. The zero-order valence-corrected chi connectivity index (χ0v) is 29.9. The number of fused-ring (bicyclic) bond motifs is 1. The van der Waals surface area contributed by atoms with Crippen LogP contribution in [0.2, 0.25) is 0 Å². The maximum absolute atomic E-state index is 13.4. The van der Waals surface area contributed by atoms with E-state index in [2.05, 4.69) is 95.9 Å². The van der Waals surface area contributed by atoms with Crippen LogP contribution in [0.5, 0.6) is 5.75 Å². The summed E-state index contributed by atoms with van der Waals surface area (Å²) in [6, 6.07) is 20.2. The van der Waals surface area contributed by atoms with Crippen LogP contribution < -0.4 is 15.0 Å². The van der Waals surface area contributed by atoms with Crippen LogP contribution in [0.25, 0.3) is 0 Å². The predicted octanol–water partition coefficient (Wildman–Crippen LogP) is 9.05. The topological polar surface area (TPSA) is 71.0 Å². The molecule has 47 heavy (non-hydrogen) atoms. The van der Waals surface area contributed by atoms with Crippen molar-refractivity contribution in [3.8, 4) is 5.75 Å². The van der Waals surface area contributed by atoms with Gasteiger partial charge in [-0.05, 0) is 92.3 Å². The van der Waals surface area contributed by atoms with Gasteiger partial charge in [0.2, 0.25) is 0 Å². The van der Waals surface area contributed by atoms with Gasteiger partial charge < -0.3 is 15.0 Å². The molecule has 0 radical (unpaired) electrons. The molecule has 250 valence electrons. The van der Waals surface area contributed by atoms with Crippen LogP contribution >= 0.6 is 0 Å². The molecule has 0 unspecified atom stereocenters. The molecule has 0 aromatic heterocycles. The van der Waals surface area contributed by atoms with Crippen molar-refractivity contribution in [3.63, 3.8) is 0 Å². The van der Waals surface area contributed by atoms with Gasteiger partial charge in [0.1, 0.15) is 5.75 Å². The Hall–Kier alpha value is -4.19. The van der Waals surface area contributed by atoms with Crippen LogP contribution in [0.4, 0.5) is 11.4 Å². The molecule has 0 aliphatic heterocycles. The summed E-state index contributed by atoms with van der Waals surface area (Å²) in [6.07, 6.45) is 4.29. The van der Waals surface area contributed by atoms with Gasteiger partial charge >= 0.3 is 0 Å². The highest BCUT2D eigenvalue weighted by Crippen LogP contribution is 2.38. The third-order valence-electron chi connectivity index (χ3n) is 9.89. The van der Waals surface area contributed by atoms with E-state index in [1.54, 1.807) is 12.1 Å². The third-order valence-corrected chi connectivity index (χ3v) is 9.89. The van der Waals surface area contributed by atoms with Crippen LogP contribution in [-0.2, 0) is 15.6 Å². The third kappa shape index (κ3) is 8.04. The molecule has 0 atom stereocenters. The molecule has 6 heteroatoms. The molecule has 0 fully saturated rings. The van der Waals surface area contributed by atoms with E-state index < -0.39 is 5.91 Å². The fraction of sp³-hybridized carbons (Fsp3) is 0.439. The summed E-state index contributed by atoms with van der Waals surface area (Å²) in [5.41, 5.74) is 7.50. The number of hydrogen-bond acceptors (Lipinski definition) is 5. The first-order chi connectivity index (χ1) is 22.4. The van der Waals surface area contributed by atoms with Gasteiger partial charge in [0.25, 0.3) is 5.91 Å². The minimum atomic E-state index is -0.398. The Morgan fingerprint density at radius 1 is 0.872 bits per heavy atom. The second-order valence-electron chi connectivity index (χ2n) is 13.7. The minimum absolute atomic E-state index is 0.0291. The molecular weight excluding hydrogens is 582 g/mol. The van der Waals surface area contributed by atoms with Gasteiger partial charge in [-0.25, -0.2) is 4.99 Å². The molecule has 3 aromatic carbocycles. The van der Waals surface area contributed by atoms with Gasteiger partial charge in [-0.2, -0.15) is 0 Å². The summed E-state index contributed by atoms with van der Waals surface area (Å²) in [5, 5.41) is 2.95. The van der Waals surface area contributed by atoms with Crippen molar-refractivity contribution in [1.82, 2.24) is 5.32 Å². The summed E-state index contributed by atoms with van der Waals surface area (Å²) in [7, 11) is 0. The SMILES string of the molecule is CCN(CC)c1ccc(N=C2C=C(C(=O)NCCCOc3ccc(C(C)(C)CC)cc3C(C)(C)CC)C(=O)c3ccccc32)c(C)c1. The number of Topliss-reactive ketones (excluding diaryl/α,β-unsaturated/α-hetero) is 1. The van der Waals surface area contributed by atoms with Crippen molar-refractivity contribution in [2.45, 2.75) is 92.4 Å². The van der Waals surface area contributed by atoms with Crippen LogP contribution in [0.3, 0.4) is 0 Å². The Labute approximate surface area is 282 Å². The van der Waals surface area contributed by atoms with Crippen molar-refractivity contribution in [1.29, 1.82) is 0 Å². The Morgan fingerprint density at radius 3 is 2.19 bits per heavy atom. The molecular formula is C41H53N3O3. The van der Waals surface area contributed by atoms with Crippen molar-refractivity contribution >= 4 is 28.8 Å². The zero-order valence-electron chi connectivity index (χ0n) is 29.9. The fourth-order valence-electron chi connectivity index (χ4n) is 5.82. The number of ketones is 1. The number of carbonyl (C=O) groups is 2. The molecule has 0 spiro atoms. The lowest BCUT2D eigenvalue weighted by Gasteiger charge is -2.30. The quantitative estimate of drug-likeness (QED) is 0.142. The van der Waals surface area contributed by atoms with Crippen LogP contribution in [-0.4, -0.2) is 43.6 Å². The maximum atomic E-state index is 13.4. The van der Waals surface area contributed by atoms with Gasteiger partial charge in [0.15, 0.2) is 5.78 Å². The summed E-state index contributed by atoms with van der Waals surface area (Å²) < 4.78 is 6.30. The second-order valence-corrected chi connectivity index (χ2v) is 13.7.